The lowest BCUT2D eigenvalue weighted by Crippen LogP contribution is -1.98. The van der Waals surface area contributed by atoms with Crippen LogP contribution in [-0.2, 0) is 0 Å². The van der Waals surface area contributed by atoms with Gasteiger partial charge >= 0.3 is 12.0 Å². The van der Waals surface area contributed by atoms with Crippen molar-refractivity contribution in [2.24, 2.45) is 0 Å². The van der Waals surface area contributed by atoms with E-state index >= 15 is 0 Å². The zero-order chi connectivity index (χ0) is 13.2. The number of aromatic nitrogens is 3. The van der Waals surface area contributed by atoms with Crippen LogP contribution in [0.4, 0.5) is 0 Å². The Labute approximate surface area is 113 Å². The third-order valence-electron chi connectivity index (χ3n) is 2.30. The molecule has 0 saturated carbocycles. The molecule has 2 heterocycles. The predicted molar refractivity (Wildman–Crippen MR) is 64.0 cm³/mol. The molecule has 0 aliphatic carbocycles. The van der Waals surface area contributed by atoms with Crippen LogP contribution >= 0.6 is 11.6 Å². The topological polar surface area (TPSA) is 75.6 Å². The van der Waals surface area contributed by atoms with Gasteiger partial charge in [0.25, 0.3) is 0 Å². The number of ether oxygens (including phenoxy) is 4. The van der Waals surface area contributed by atoms with Crippen LogP contribution < -0.4 is 18.9 Å². The predicted octanol–water partition coefficient (Wildman–Crippen LogP) is 2.05. The van der Waals surface area contributed by atoms with Gasteiger partial charge in [0, 0.05) is 6.07 Å². The van der Waals surface area contributed by atoms with Crippen LogP contribution in [0.5, 0.6) is 29.3 Å². The van der Waals surface area contributed by atoms with Gasteiger partial charge in [0.2, 0.25) is 12.1 Å². The van der Waals surface area contributed by atoms with Crippen LogP contribution in [0.1, 0.15) is 0 Å². The van der Waals surface area contributed by atoms with E-state index in [1.807, 2.05) is 0 Å². The van der Waals surface area contributed by atoms with Gasteiger partial charge in [0.1, 0.15) is 5.75 Å². The first-order chi connectivity index (χ1) is 9.24. The number of fused-ring (bicyclic) bond motifs is 1. The molecule has 0 atom stereocenters. The van der Waals surface area contributed by atoms with E-state index < -0.39 is 0 Å². The first-order valence-electron chi connectivity index (χ1n) is 5.27. The molecule has 0 radical (unpaired) electrons. The smallest absolute Gasteiger partial charge is 0.329 e. The van der Waals surface area contributed by atoms with Crippen molar-refractivity contribution in [3.8, 4) is 29.3 Å². The molecule has 1 aliphatic rings. The summed E-state index contributed by atoms with van der Waals surface area (Å²) in [5.74, 6) is 1.76. The van der Waals surface area contributed by atoms with Gasteiger partial charge in [-0.05, 0) is 23.7 Å². The van der Waals surface area contributed by atoms with E-state index in [2.05, 4.69) is 15.0 Å². The first-order valence-corrected chi connectivity index (χ1v) is 5.65. The Morgan fingerprint density at radius 2 is 1.89 bits per heavy atom. The Morgan fingerprint density at radius 1 is 1.11 bits per heavy atom. The molecule has 0 N–H and O–H groups in total. The van der Waals surface area contributed by atoms with Crippen molar-refractivity contribution < 1.29 is 18.9 Å². The number of hydrogen-bond acceptors (Lipinski definition) is 7. The van der Waals surface area contributed by atoms with E-state index in [-0.39, 0.29) is 24.1 Å². The molecule has 1 aliphatic heterocycles. The van der Waals surface area contributed by atoms with Crippen molar-refractivity contribution in [2.75, 3.05) is 13.9 Å². The summed E-state index contributed by atoms with van der Waals surface area (Å²) in [4.78, 5) is 11.5. The Bertz CT molecular complexity index is 623. The molecule has 0 saturated heterocycles. The number of hydrogen-bond donors (Lipinski definition) is 0. The number of methoxy groups -OCH3 is 1. The minimum Gasteiger partial charge on any atom is -0.467 e. The van der Waals surface area contributed by atoms with Crippen LogP contribution in [0.15, 0.2) is 18.2 Å². The van der Waals surface area contributed by atoms with E-state index in [4.69, 9.17) is 30.5 Å². The van der Waals surface area contributed by atoms with Gasteiger partial charge in [-0.2, -0.15) is 9.97 Å². The standard InChI is InChI=1S/C11H8ClN3O4/c1-16-10-13-9(12)14-11(15-10)19-6-2-3-7-8(4-6)18-5-17-7/h2-4H,5H2,1H3. The maximum Gasteiger partial charge on any atom is 0.329 e. The Hall–Kier alpha value is -2.28. The van der Waals surface area contributed by atoms with E-state index in [0.717, 1.165) is 0 Å². The fourth-order valence-corrected chi connectivity index (χ4v) is 1.64. The van der Waals surface area contributed by atoms with Gasteiger partial charge in [0.15, 0.2) is 11.5 Å². The Morgan fingerprint density at radius 3 is 2.74 bits per heavy atom. The van der Waals surface area contributed by atoms with Crippen molar-refractivity contribution in [1.29, 1.82) is 0 Å². The molecule has 0 fully saturated rings. The zero-order valence-electron chi connectivity index (χ0n) is 9.79. The fraction of sp³-hybridized carbons (Fsp3) is 0.182. The summed E-state index contributed by atoms with van der Waals surface area (Å²) in [5, 5.41) is -0.0115. The van der Waals surface area contributed by atoms with Crippen molar-refractivity contribution in [3.05, 3.63) is 23.5 Å². The first kappa shape index (κ1) is 11.8. The van der Waals surface area contributed by atoms with Crippen LogP contribution in [0, 0.1) is 0 Å². The third kappa shape index (κ3) is 2.45. The third-order valence-corrected chi connectivity index (χ3v) is 2.47. The van der Waals surface area contributed by atoms with Crippen molar-refractivity contribution in [3.63, 3.8) is 0 Å². The number of benzene rings is 1. The second kappa shape index (κ2) is 4.77. The summed E-state index contributed by atoms with van der Waals surface area (Å²) >= 11 is 5.72. The second-order valence-electron chi connectivity index (χ2n) is 3.49. The number of halogens is 1. The molecule has 0 amide bonds. The summed E-state index contributed by atoms with van der Waals surface area (Å²) in [6.45, 7) is 0.199. The Kier molecular flexibility index (Phi) is 2.96. The SMILES string of the molecule is COc1nc(Cl)nc(Oc2ccc3c(c2)OCO3)n1. The van der Waals surface area contributed by atoms with Gasteiger partial charge in [-0.15, -0.1) is 4.98 Å². The highest BCUT2D eigenvalue weighted by Crippen LogP contribution is 2.36. The van der Waals surface area contributed by atoms with Gasteiger partial charge in [-0.1, -0.05) is 0 Å². The molecular formula is C11H8ClN3O4. The lowest BCUT2D eigenvalue weighted by atomic mass is 10.3. The van der Waals surface area contributed by atoms with Gasteiger partial charge in [-0.3, -0.25) is 0 Å². The number of nitrogens with zero attached hydrogens (tertiary/aromatic N) is 3. The van der Waals surface area contributed by atoms with Crippen LogP contribution in [0.3, 0.4) is 0 Å². The normalized spacial score (nSPS) is 12.3. The Balaban J connectivity index is 1.86. The summed E-state index contributed by atoms with van der Waals surface area (Å²) < 4.78 is 20.8. The average molecular weight is 282 g/mol. The molecule has 1 aromatic carbocycles. The molecule has 98 valence electrons. The molecule has 7 nitrogen and oxygen atoms in total. The highest BCUT2D eigenvalue weighted by molar-refractivity contribution is 6.28. The molecule has 0 spiro atoms. The molecule has 8 heteroatoms. The molecule has 2 aromatic rings. The minimum atomic E-state index is -0.0115. The van der Waals surface area contributed by atoms with E-state index in [0.29, 0.717) is 17.2 Å². The van der Waals surface area contributed by atoms with E-state index in [9.17, 15) is 0 Å². The van der Waals surface area contributed by atoms with E-state index in [1.165, 1.54) is 7.11 Å². The molecule has 0 bridgehead atoms. The molecule has 3 rings (SSSR count). The maximum absolute atomic E-state index is 5.72. The second-order valence-corrected chi connectivity index (χ2v) is 3.83. The molecule has 1 aromatic heterocycles. The average Bonchev–Trinajstić information content (AvgIpc) is 2.85. The summed E-state index contributed by atoms with van der Waals surface area (Å²) in [6, 6.07) is 5.23. The van der Waals surface area contributed by atoms with Crippen LogP contribution in [-0.4, -0.2) is 28.9 Å². The van der Waals surface area contributed by atoms with Crippen molar-refractivity contribution >= 4 is 11.6 Å². The van der Waals surface area contributed by atoms with Crippen LogP contribution in [0.25, 0.3) is 0 Å². The quantitative estimate of drug-likeness (QED) is 0.852. The monoisotopic (exact) mass is 281 g/mol. The summed E-state index contributed by atoms with van der Waals surface area (Å²) in [6.07, 6.45) is 0. The van der Waals surface area contributed by atoms with Crippen molar-refractivity contribution in [2.45, 2.75) is 0 Å². The zero-order valence-corrected chi connectivity index (χ0v) is 10.5. The van der Waals surface area contributed by atoms with Gasteiger partial charge < -0.3 is 18.9 Å². The highest BCUT2D eigenvalue weighted by atomic mass is 35.5. The summed E-state index contributed by atoms with van der Waals surface area (Å²) in [7, 11) is 1.43. The van der Waals surface area contributed by atoms with Crippen molar-refractivity contribution in [1.82, 2.24) is 15.0 Å². The largest absolute Gasteiger partial charge is 0.467 e. The van der Waals surface area contributed by atoms with Gasteiger partial charge in [0.05, 0.1) is 7.11 Å². The van der Waals surface area contributed by atoms with Crippen LogP contribution in [0.2, 0.25) is 5.28 Å². The van der Waals surface area contributed by atoms with E-state index in [1.54, 1.807) is 18.2 Å². The fourth-order valence-electron chi connectivity index (χ4n) is 1.50. The molecular weight excluding hydrogens is 274 g/mol. The minimum absolute atomic E-state index is 0.0115. The highest BCUT2D eigenvalue weighted by Gasteiger charge is 2.15. The maximum atomic E-state index is 5.72. The lowest BCUT2D eigenvalue weighted by molar-refractivity contribution is 0.174. The molecule has 0 unspecified atom stereocenters. The lowest BCUT2D eigenvalue weighted by Gasteiger charge is -2.05. The number of rotatable bonds is 3. The van der Waals surface area contributed by atoms with Gasteiger partial charge in [-0.25, -0.2) is 0 Å². The summed E-state index contributed by atoms with van der Waals surface area (Å²) in [5.41, 5.74) is 0. The molecule has 19 heavy (non-hydrogen) atoms.